The Morgan fingerprint density at radius 1 is 1.04 bits per heavy atom. The number of likely N-dealkylation sites (tertiary alicyclic amines) is 1. The van der Waals surface area contributed by atoms with Crippen molar-refractivity contribution in [2.75, 3.05) is 34.8 Å². The second-order valence-electron chi connectivity index (χ2n) is 13.2. The van der Waals surface area contributed by atoms with Gasteiger partial charge in [-0.15, -0.1) is 11.3 Å². The molecule has 4 amide bonds. The average molecular weight is 684 g/mol. The van der Waals surface area contributed by atoms with Crippen molar-refractivity contribution in [2.24, 2.45) is 11.8 Å². The lowest BCUT2D eigenvalue weighted by Crippen LogP contribution is -2.59. The van der Waals surface area contributed by atoms with Crippen molar-refractivity contribution in [1.29, 1.82) is 0 Å². The summed E-state index contributed by atoms with van der Waals surface area (Å²) in [6.07, 6.45) is 5.97. The SMILES string of the molecule is CC[C@@H](C)[C@@H](C(=O)N1CCC[C@H]1c1nccs1)N(C)C(=O)[C@H](CC(C)C)N(C)C(=O)[C@H](Cc1ccc(O)cc1)N(C)C(=O)/C=C(\C)OC. The van der Waals surface area contributed by atoms with Gasteiger partial charge in [-0.25, -0.2) is 4.98 Å². The number of ether oxygens (including phenoxy) is 1. The maximum Gasteiger partial charge on any atom is 0.250 e. The second-order valence-corrected chi connectivity index (χ2v) is 14.2. The van der Waals surface area contributed by atoms with Gasteiger partial charge in [0.05, 0.1) is 18.9 Å². The van der Waals surface area contributed by atoms with E-state index in [9.17, 15) is 24.3 Å². The summed E-state index contributed by atoms with van der Waals surface area (Å²) >= 11 is 1.53. The van der Waals surface area contributed by atoms with E-state index < -0.39 is 29.9 Å². The Labute approximate surface area is 289 Å². The highest BCUT2D eigenvalue weighted by atomic mass is 32.1. The minimum absolute atomic E-state index is 0.0513. The lowest BCUT2D eigenvalue weighted by atomic mass is 9.93. The second kappa shape index (κ2) is 17.5. The van der Waals surface area contributed by atoms with Crippen molar-refractivity contribution in [1.82, 2.24) is 24.6 Å². The predicted molar refractivity (Wildman–Crippen MR) is 187 cm³/mol. The van der Waals surface area contributed by atoms with Gasteiger partial charge in [0.1, 0.15) is 28.9 Å². The highest BCUT2D eigenvalue weighted by molar-refractivity contribution is 7.09. The van der Waals surface area contributed by atoms with Gasteiger partial charge < -0.3 is 29.4 Å². The number of likely N-dealkylation sites (N-methyl/N-ethyl adjacent to an activating group) is 3. The van der Waals surface area contributed by atoms with Crippen LogP contribution in [0.2, 0.25) is 0 Å². The number of amides is 4. The number of aromatic hydroxyl groups is 1. The van der Waals surface area contributed by atoms with Crippen molar-refractivity contribution < 1.29 is 29.0 Å². The van der Waals surface area contributed by atoms with Gasteiger partial charge in [0, 0.05) is 51.8 Å². The van der Waals surface area contributed by atoms with Gasteiger partial charge in [-0.1, -0.05) is 46.2 Å². The number of hydrogen-bond acceptors (Lipinski definition) is 8. The van der Waals surface area contributed by atoms with Crippen LogP contribution in [0.5, 0.6) is 5.75 Å². The Balaban J connectivity index is 1.96. The molecule has 2 aromatic rings. The molecule has 1 aromatic carbocycles. The van der Waals surface area contributed by atoms with Gasteiger partial charge in [-0.2, -0.15) is 0 Å². The lowest BCUT2D eigenvalue weighted by molar-refractivity contribution is -0.154. The van der Waals surface area contributed by atoms with E-state index in [1.165, 1.54) is 46.5 Å². The quantitative estimate of drug-likeness (QED) is 0.210. The number of allylic oxidation sites excluding steroid dienone is 1. The Morgan fingerprint density at radius 2 is 1.69 bits per heavy atom. The molecule has 264 valence electrons. The molecular weight excluding hydrogens is 630 g/mol. The monoisotopic (exact) mass is 683 g/mol. The van der Waals surface area contributed by atoms with Crippen molar-refractivity contribution in [2.45, 2.75) is 90.9 Å². The van der Waals surface area contributed by atoms with E-state index >= 15 is 0 Å². The molecule has 1 aliphatic rings. The van der Waals surface area contributed by atoms with E-state index in [0.717, 1.165) is 23.4 Å². The van der Waals surface area contributed by atoms with Crippen LogP contribution in [-0.4, -0.2) is 106 Å². The average Bonchev–Trinajstić information content (AvgIpc) is 3.78. The van der Waals surface area contributed by atoms with Crippen LogP contribution in [0.1, 0.15) is 76.9 Å². The summed E-state index contributed by atoms with van der Waals surface area (Å²) in [6, 6.07) is 3.79. The first kappa shape index (κ1) is 38.5. The number of nitrogens with zero attached hydrogens (tertiary/aromatic N) is 5. The van der Waals surface area contributed by atoms with Gasteiger partial charge in [0.25, 0.3) is 0 Å². The number of phenolic OH excluding ortho intramolecular Hbond substituents is 1. The summed E-state index contributed by atoms with van der Waals surface area (Å²) < 4.78 is 5.17. The normalized spacial score (nSPS) is 17.4. The maximum absolute atomic E-state index is 14.5. The number of benzene rings is 1. The summed E-state index contributed by atoms with van der Waals surface area (Å²) in [5.41, 5.74) is 0.735. The van der Waals surface area contributed by atoms with E-state index in [0.29, 0.717) is 25.1 Å². The van der Waals surface area contributed by atoms with Crippen molar-refractivity contribution in [3.05, 3.63) is 58.2 Å². The molecule has 0 aliphatic carbocycles. The standard InChI is InChI=1S/C36H53N5O6S/c1-10-24(4)32(36(46)41-18-11-12-28(41)33-37-17-19-48-33)40(8)35(45)29(20-23(2)3)39(7)34(44)30(22-26-13-15-27(42)16-14-26)38(6)31(43)21-25(5)47-9/h13-17,19,21,23-24,28-30,32,42H,10-12,18,20,22H2,1-9H3/b25-21+/t24-,28+,29+,30+,32+/m1/s1. The van der Waals surface area contributed by atoms with Crippen LogP contribution < -0.4 is 0 Å². The zero-order valence-corrected chi connectivity index (χ0v) is 30.7. The number of aromatic nitrogens is 1. The Hall–Kier alpha value is -3.93. The third-order valence-electron chi connectivity index (χ3n) is 9.38. The summed E-state index contributed by atoms with van der Waals surface area (Å²) in [5.74, 6) is -0.870. The minimum Gasteiger partial charge on any atom is -0.508 e. The maximum atomic E-state index is 14.5. The highest BCUT2D eigenvalue weighted by Gasteiger charge is 2.43. The molecule has 0 bridgehead atoms. The van der Waals surface area contributed by atoms with Crippen LogP contribution in [-0.2, 0) is 30.3 Å². The molecule has 2 heterocycles. The third-order valence-corrected chi connectivity index (χ3v) is 10.3. The fourth-order valence-corrected chi connectivity index (χ4v) is 7.02. The lowest BCUT2D eigenvalue weighted by Gasteiger charge is -2.40. The molecule has 5 atom stereocenters. The molecule has 12 heteroatoms. The van der Waals surface area contributed by atoms with Gasteiger partial charge in [-0.05, 0) is 55.7 Å². The first-order chi connectivity index (χ1) is 22.7. The Kier molecular flexibility index (Phi) is 14.0. The smallest absolute Gasteiger partial charge is 0.250 e. The summed E-state index contributed by atoms with van der Waals surface area (Å²) in [5, 5.41) is 12.6. The molecule has 0 saturated carbocycles. The molecule has 1 aliphatic heterocycles. The molecular formula is C36H53N5O6S. The molecule has 0 spiro atoms. The Morgan fingerprint density at radius 3 is 2.25 bits per heavy atom. The molecule has 48 heavy (non-hydrogen) atoms. The first-order valence-electron chi connectivity index (χ1n) is 16.7. The fraction of sp³-hybridized carbons (Fsp3) is 0.583. The topological polar surface area (TPSA) is 124 Å². The van der Waals surface area contributed by atoms with Gasteiger partial charge >= 0.3 is 0 Å². The molecule has 0 radical (unpaired) electrons. The number of methoxy groups -OCH3 is 1. The van der Waals surface area contributed by atoms with Gasteiger partial charge in [0.2, 0.25) is 23.6 Å². The summed E-state index contributed by atoms with van der Waals surface area (Å²) in [4.78, 5) is 67.2. The minimum atomic E-state index is -0.962. The number of thiazole rings is 1. The molecule has 11 nitrogen and oxygen atoms in total. The van der Waals surface area contributed by atoms with Crippen molar-refractivity contribution in [3.63, 3.8) is 0 Å². The molecule has 3 rings (SSSR count). The number of carbonyl (C=O) groups is 4. The van der Waals surface area contributed by atoms with E-state index in [2.05, 4.69) is 4.98 Å². The zero-order valence-electron chi connectivity index (χ0n) is 29.9. The van der Waals surface area contributed by atoms with E-state index in [1.807, 2.05) is 38.0 Å². The molecule has 0 unspecified atom stereocenters. The number of carbonyl (C=O) groups excluding carboxylic acids is 4. The molecule has 1 aromatic heterocycles. The fourth-order valence-electron chi connectivity index (χ4n) is 6.24. The van der Waals surface area contributed by atoms with Crippen molar-refractivity contribution >= 4 is 35.0 Å². The zero-order chi connectivity index (χ0) is 35.7. The number of rotatable bonds is 15. The van der Waals surface area contributed by atoms with Crippen LogP contribution in [0.4, 0.5) is 0 Å². The van der Waals surface area contributed by atoms with Crippen LogP contribution in [0, 0.1) is 11.8 Å². The van der Waals surface area contributed by atoms with Crippen LogP contribution in [0.25, 0.3) is 0 Å². The first-order valence-corrected chi connectivity index (χ1v) is 17.6. The summed E-state index contributed by atoms with van der Waals surface area (Å²) in [7, 11) is 6.28. The van der Waals surface area contributed by atoms with E-state index in [-0.39, 0.29) is 41.9 Å². The third kappa shape index (κ3) is 9.36. The largest absolute Gasteiger partial charge is 0.508 e. The van der Waals surface area contributed by atoms with Crippen LogP contribution in [0.3, 0.4) is 0 Å². The Bertz CT molecular complexity index is 1410. The van der Waals surface area contributed by atoms with E-state index in [4.69, 9.17) is 4.74 Å². The van der Waals surface area contributed by atoms with E-state index in [1.54, 1.807) is 51.3 Å². The number of phenols is 1. The number of hydrogen-bond donors (Lipinski definition) is 1. The highest BCUT2D eigenvalue weighted by Crippen LogP contribution is 2.35. The molecule has 1 saturated heterocycles. The van der Waals surface area contributed by atoms with Gasteiger partial charge in [0.15, 0.2) is 0 Å². The van der Waals surface area contributed by atoms with Crippen LogP contribution in [0.15, 0.2) is 47.7 Å². The van der Waals surface area contributed by atoms with Crippen LogP contribution >= 0.6 is 11.3 Å². The predicted octanol–water partition coefficient (Wildman–Crippen LogP) is 4.88. The summed E-state index contributed by atoms with van der Waals surface area (Å²) in [6.45, 7) is 10.2. The molecule has 1 N–H and O–H groups in total. The van der Waals surface area contributed by atoms with Gasteiger partial charge in [-0.3, -0.25) is 19.2 Å². The van der Waals surface area contributed by atoms with Crippen molar-refractivity contribution in [3.8, 4) is 5.75 Å². The molecule has 1 fully saturated rings.